The van der Waals surface area contributed by atoms with Crippen molar-refractivity contribution in [1.29, 1.82) is 0 Å². The number of hydrogen-bond donors (Lipinski definition) is 1. The molecule has 0 saturated heterocycles. The second-order valence-electron chi connectivity index (χ2n) is 5.97. The Morgan fingerprint density at radius 3 is 1.18 bits per heavy atom. The van der Waals surface area contributed by atoms with Crippen molar-refractivity contribution in [2.24, 2.45) is 11.8 Å². The summed E-state index contributed by atoms with van der Waals surface area (Å²) in [7, 11) is -15.1. The van der Waals surface area contributed by atoms with E-state index < -0.39 is 72.0 Å². The lowest BCUT2D eigenvalue weighted by Gasteiger charge is -2.31. The van der Waals surface area contributed by atoms with Crippen LogP contribution in [0.2, 0.25) is 0 Å². The van der Waals surface area contributed by atoms with Gasteiger partial charge in [-0.15, -0.1) is 0 Å². The second kappa shape index (κ2) is 7.77. The van der Waals surface area contributed by atoms with Crippen molar-refractivity contribution in [3.05, 3.63) is 0 Å². The molecule has 0 rings (SSSR count). The Balaban J connectivity index is 6.90. The maximum atomic E-state index is 13.4. The van der Waals surface area contributed by atoms with E-state index in [4.69, 9.17) is 5.11 Å². The quantitative estimate of drug-likeness (QED) is 0.540. The zero-order chi connectivity index (χ0) is 23.1. The molecule has 5 nitrogen and oxygen atoms in total. The molecule has 0 aliphatic rings. The predicted molar refractivity (Wildman–Crippen MR) is 73.7 cm³/mol. The van der Waals surface area contributed by atoms with Gasteiger partial charge in [0, 0.05) is 6.61 Å². The third-order valence-corrected chi connectivity index (χ3v) is 8.92. The van der Waals surface area contributed by atoms with Crippen molar-refractivity contribution >= 4 is 19.7 Å². The molecule has 0 aromatic heterocycles. The fraction of sp³-hybridized carbons (Fsp3) is 1.00. The molecule has 0 amide bonds. The molecule has 0 spiro atoms. The second-order valence-corrected chi connectivity index (χ2v) is 10.6. The Morgan fingerprint density at radius 1 is 0.714 bits per heavy atom. The van der Waals surface area contributed by atoms with Crippen LogP contribution in [0.5, 0.6) is 0 Å². The van der Waals surface area contributed by atoms with E-state index in [9.17, 15) is 60.7 Å². The lowest BCUT2D eigenvalue weighted by atomic mass is 9.94. The van der Waals surface area contributed by atoms with Crippen LogP contribution in [0.1, 0.15) is 20.3 Å². The number of hydrogen-bond acceptors (Lipinski definition) is 5. The largest absolute Gasteiger partial charge is 0.469 e. The highest BCUT2D eigenvalue weighted by Gasteiger charge is 2.76. The average molecular weight is 480 g/mol. The summed E-state index contributed by atoms with van der Waals surface area (Å²) in [5.74, 6) is -2.90. The fourth-order valence-electron chi connectivity index (χ4n) is 1.88. The summed E-state index contributed by atoms with van der Waals surface area (Å²) in [5, 5.41) is -4.93. The Kier molecular flexibility index (Phi) is 7.54. The van der Waals surface area contributed by atoms with E-state index in [-0.39, 0.29) is 0 Å². The van der Waals surface area contributed by atoms with Gasteiger partial charge in [0.2, 0.25) is 19.7 Å². The molecule has 0 saturated carbocycles. The summed E-state index contributed by atoms with van der Waals surface area (Å²) in [4.78, 5) is 0. The first-order valence-electron chi connectivity index (χ1n) is 6.97. The van der Waals surface area contributed by atoms with Crippen molar-refractivity contribution in [1.82, 2.24) is 0 Å². The molecule has 0 aromatic carbocycles. The number of rotatable bonds is 8. The van der Waals surface area contributed by atoms with Crippen molar-refractivity contribution in [3.63, 3.8) is 0 Å². The molecule has 0 heterocycles. The van der Waals surface area contributed by atoms with Crippen molar-refractivity contribution in [2.45, 2.75) is 47.7 Å². The van der Waals surface area contributed by atoms with Crippen LogP contribution in [0.3, 0.4) is 0 Å². The van der Waals surface area contributed by atoms with Gasteiger partial charge in [-0.05, 0) is 18.3 Å². The molecule has 17 heteroatoms. The fourth-order valence-corrected chi connectivity index (χ4v) is 6.24. The Morgan fingerprint density at radius 2 is 1.00 bits per heavy atom. The van der Waals surface area contributed by atoms with E-state index in [1.807, 2.05) is 0 Å². The number of halogens is 10. The van der Waals surface area contributed by atoms with E-state index >= 15 is 0 Å². The van der Waals surface area contributed by atoms with Gasteiger partial charge in [0.15, 0.2) is 4.58 Å². The first kappa shape index (κ1) is 27.2. The van der Waals surface area contributed by atoms with E-state index in [0.717, 1.165) is 13.8 Å². The van der Waals surface area contributed by atoms with Crippen molar-refractivity contribution in [2.75, 3.05) is 6.61 Å². The van der Waals surface area contributed by atoms with Gasteiger partial charge in [0.05, 0.1) is 0 Å². The van der Waals surface area contributed by atoms with Gasteiger partial charge in [-0.2, -0.15) is 43.9 Å². The number of alkyl halides is 10. The molecular weight excluding hydrogens is 466 g/mol. The molecular formula is C11H14F10O5S2. The molecule has 1 atom stereocenters. The minimum Gasteiger partial charge on any atom is -0.396 e. The summed E-state index contributed by atoms with van der Waals surface area (Å²) in [6.07, 6.45) is -16.1. The van der Waals surface area contributed by atoms with E-state index in [1.165, 1.54) is 0 Å². The highest BCUT2D eigenvalue weighted by molar-refractivity contribution is 8.10. The Labute approximate surface area is 152 Å². The van der Waals surface area contributed by atoms with Crippen LogP contribution in [0, 0.1) is 11.8 Å². The van der Waals surface area contributed by atoms with Gasteiger partial charge in [-0.3, -0.25) is 0 Å². The van der Waals surface area contributed by atoms with Gasteiger partial charge < -0.3 is 5.11 Å². The van der Waals surface area contributed by atoms with Crippen LogP contribution in [0.4, 0.5) is 43.9 Å². The molecule has 0 aromatic rings. The summed E-state index contributed by atoms with van der Waals surface area (Å²) < 4.78 is 170. The predicted octanol–water partition coefficient (Wildman–Crippen LogP) is 3.11. The van der Waals surface area contributed by atoms with Crippen LogP contribution < -0.4 is 0 Å². The standard InChI is InChI=1S/C11H14F10O5S2/c1-5(2)6(4-22)3-7(27(23,24)10(18,19)8(12,13)14)28(25,26)11(20,21)9(15,16)17/h5-7,22H,3-4H2,1-2H3. The summed E-state index contributed by atoms with van der Waals surface area (Å²) in [6.45, 7) is 0.816. The summed E-state index contributed by atoms with van der Waals surface area (Å²) >= 11 is 0. The minimum absolute atomic E-state index is 1.06. The molecule has 0 fully saturated rings. The zero-order valence-electron chi connectivity index (χ0n) is 13.8. The maximum Gasteiger partial charge on any atom is 0.469 e. The first-order valence-corrected chi connectivity index (χ1v) is 10.1. The third-order valence-electron chi connectivity index (χ3n) is 3.74. The van der Waals surface area contributed by atoms with Crippen LogP contribution in [0.25, 0.3) is 0 Å². The maximum absolute atomic E-state index is 13.4. The molecule has 1 N–H and O–H groups in total. The summed E-state index contributed by atoms with van der Waals surface area (Å²) in [6, 6.07) is 0. The lowest BCUT2D eigenvalue weighted by Crippen LogP contribution is -2.56. The topological polar surface area (TPSA) is 88.5 Å². The molecule has 0 aliphatic heterocycles. The SMILES string of the molecule is CC(C)C(CO)CC(S(=O)(=O)C(F)(F)C(F)(F)F)S(=O)(=O)C(F)(F)C(F)(F)F. The van der Waals surface area contributed by atoms with Gasteiger partial charge >= 0.3 is 22.9 Å². The molecule has 0 aliphatic carbocycles. The Bertz CT molecular complexity index is 696. The highest BCUT2D eigenvalue weighted by atomic mass is 32.3. The van der Waals surface area contributed by atoms with Crippen LogP contribution >= 0.6 is 0 Å². The first-order chi connectivity index (χ1) is 12.0. The smallest absolute Gasteiger partial charge is 0.396 e. The van der Waals surface area contributed by atoms with E-state index in [2.05, 4.69) is 0 Å². The summed E-state index contributed by atoms with van der Waals surface area (Å²) in [5.41, 5.74) is 0. The molecule has 170 valence electrons. The van der Waals surface area contributed by atoms with Gasteiger partial charge in [0.1, 0.15) is 0 Å². The molecule has 0 radical (unpaired) electrons. The highest BCUT2D eigenvalue weighted by Crippen LogP contribution is 2.49. The van der Waals surface area contributed by atoms with Crippen molar-refractivity contribution < 1.29 is 65.8 Å². The number of aliphatic hydroxyl groups is 1. The van der Waals surface area contributed by atoms with Crippen LogP contribution in [-0.4, -0.2) is 56.0 Å². The molecule has 0 bridgehead atoms. The normalized spacial score (nSPS) is 16.7. The minimum atomic E-state index is -7.54. The van der Waals surface area contributed by atoms with Crippen molar-refractivity contribution in [3.8, 4) is 0 Å². The average Bonchev–Trinajstić information content (AvgIpc) is 2.44. The van der Waals surface area contributed by atoms with Crippen LogP contribution in [0.15, 0.2) is 0 Å². The number of aliphatic hydroxyl groups excluding tert-OH is 1. The monoisotopic (exact) mass is 480 g/mol. The lowest BCUT2D eigenvalue weighted by molar-refractivity contribution is -0.242. The van der Waals surface area contributed by atoms with Gasteiger partial charge in [-0.25, -0.2) is 16.8 Å². The van der Waals surface area contributed by atoms with Gasteiger partial charge in [0.25, 0.3) is 0 Å². The number of sulfone groups is 2. The van der Waals surface area contributed by atoms with Gasteiger partial charge in [-0.1, -0.05) is 13.8 Å². The molecule has 1 unspecified atom stereocenters. The molecule has 28 heavy (non-hydrogen) atoms. The van der Waals surface area contributed by atoms with Crippen LogP contribution in [-0.2, 0) is 19.7 Å². The zero-order valence-corrected chi connectivity index (χ0v) is 15.5. The Hall–Kier alpha value is -0.840. The van der Waals surface area contributed by atoms with E-state index in [0.29, 0.717) is 0 Å². The third kappa shape index (κ3) is 4.49. The van der Waals surface area contributed by atoms with E-state index in [1.54, 1.807) is 0 Å².